The Balaban J connectivity index is 2.14. The molecule has 5 nitrogen and oxygen atoms in total. The number of rotatable bonds is 6. The van der Waals surface area contributed by atoms with E-state index in [0.29, 0.717) is 22.0 Å². The van der Waals surface area contributed by atoms with Crippen molar-refractivity contribution in [3.05, 3.63) is 52.7 Å². The Morgan fingerprint density at radius 3 is 2.64 bits per heavy atom. The van der Waals surface area contributed by atoms with Gasteiger partial charge in [-0.05, 0) is 6.07 Å². The van der Waals surface area contributed by atoms with Gasteiger partial charge < -0.3 is 9.52 Å². The van der Waals surface area contributed by atoms with Gasteiger partial charge in [-0.2, -0.15) is 0 Å². The molecule has 1 heterocycles. The molecular formula is C15H18ClNO4S. The molecule has 0 aliphatic heterocycles. The van der Waals surface area contributed by atoms with Crippen LogP contribution in [-0.4, -0.2) is 24.3 Å². The molecule has 0 aliphatic rings. The van der Waals surface area contributed by atoms with Crippen molar-refractivity contribution in [3.8, 4) is 0 Å². The Morgan fingerprint density at radius 2 is 2.00 bits per heavy atom. The zero-order valence-electron chi connectivity index (χ0n) is 12.4. The third-order valence-electron chi connectivity index (χ3n) is 3.23. The summed E-state index contributed by atoms with van der Waals surface area (Å²) < 4.78 is 29.8. The molecule has 0 bridgehead atoms. The van der Waals surface area contributed by atoms with Crippen molar-refractivity contribution in [2.45, 2.75) is 31.6 Å². The standard InChI is InChI=1S/C15H18ClNO4S/c1-10(2)15-13(17-9-21-15)7-22(19,20)8-14(18)11-5-3-4-6-12(11)16/h3-6,9-10,14,18H,7-8H2,1-2H3. The van der Waals surface area contributed by atoms with Crippen LogP contribution in [-0.2, 0) is 15.6 Å². The first-order chi connectivity index (χ1) is 10.3. The van der Waals surface area contributed by atoms with Crippen molar-refractivity contribution >= 4 is 21.4 Å². The Kier molecular flexibility index (Phi) is 5.26. The monoisotopic (exact) mass is 343 g/mol. The number of nitrogens with zero attached hydrogens (tertiary/aromatic N) is 1. The minimum atomic E-state index is -3.56. The van der Waals surface area contributed by atoms with E-state index in [1.54, 1.807) is 24.3 Å². The number of oxazole rings is 1. The Bertz CT molecular complexity index is 740. The van der Waals surface area contributed by atoms with Crippen LogP contribution in [0.2, 0.25) is 5.02 Å². The van der Waals surface area contributed by atoms with Gasteiger partial charge in [0.05, 0.1) is 23.3 Å². The van der Waals surface area contributed by atoms with E-state index in [0.717, 1.165) is 0 Å². The Labute approximate surface area is 134 Å². The lowest BCUT2D eigenvalue weighted by molar-refractivity contribution is 0.201. The average molecular weight is 344 g/mol. The van der Waals surface area contributed by atoms with Gasteiger partial charge in [0.15, 0.2) is 16.2 Å². The van der Waals surface area contributed by atoms with Crippen LogP contribution >= 0.6 is 11.6 Å². The number of aliphatic hydroxyl groups excluding tert-OH is 1. The van der Waals surface area contributed by atoms with Gasteiger partial charge in [0.2, 0.25) is 0 Å². The maximum absolute atomic E-state index is 12.3. The number of halogens is 1. The molecule has 2 rings (SSSR count). The van der Waals surface area contributed by atoms with Crippen LogP contribution in [0.4, 0.5) is 0 Å². The number of hydrogen-bond acceptors (Lipinski definition) is 5. The quantitative estimate of drug-likeness (QED) is 0.871. The van der Waals surface area contributed by atoms with E-state index < -0.39 is 21.7 Å². The number of aromatic nitrogens is 1. The average Bonchev–Trinajstić information content (AvgIpc) is 2.85. The second kappa shape index (κ2) is 6.81. The largest absolute Gasteiger partial charge is 0.448 e. The highest BCUT2D eigenvalue weighted by Gasteiger charge is 2.24. The molecule has 1 aromatic carbocycles. The second-order valence-electron chi connectivity index (χ2n) is 5.41. The van der Waals surface area contributed by atoms with E-state index in [1.165, 1.54) is 6.39 Å². The molecule has 1 unspecified atom stereocenters. The van der Waals surface area contributed by atoms with Gasteiger partial charge in [-0.3, -0.25) is 0 Å². The van der Waals surface area contributed by atoms with Gasteiger partial charge in [0.25, 0.3) is 0 Å². The molecule has 0 saturated heterocycles. The summed E-state index contributed by atoms with van der Waals surface area (Å²) in [7, 11) is -3.56. The SMILES string of the molecule is CC(C)c1ocnc1CS(=O)(=O)CC(O)c1ccccc1Cl. The molecule has 22 heavy (non-hydrogen) atoms. The minimum absolute atomic E-state index is 0.0428. The molecule has 1 atom stereocenters. The molecule has 7 heteroatoms. The van der Waals surface area contributed by atoms with E-state index in [4.69, 9.17) is 16.0 Å². The Hall–Kier alpha value is -1.37. The fourth-order valence-corrected chi connectivity index (χ4v) is 3.87. The minimum Gasteiger partial charge on any atom is -0.448 e. The molecule has 0 radical (unpaired) electrons. The van der Waals surface area contributed by atoms with Crippen molar-refractivity contribution in [1.29, 1.82) is 0 Å². The van der Waals surface area contributed by atoms with Gasteiger partial charge in [-0.25, -0.2) is 13.4 Å². The molecule has 0 spiro atoms. The van der Waals surface area contributed by atoms with Gasteiger partial charge in [0, 0.05) is 16.5 Å². The molecule has 0 aliphatic carbocycles. The third kappa shape index (κ3) is 4.09. The molecule has 0 fully saturated rings. The van der Waals surface area contributed by atoms with Crippen LogP contribution in [0.25, 0.3) is 0 Å². The lowest BCUT2D eigenvalue weighted by Gasteiger charge is -2.13. The molecule has 0 amide bonds. The summed E-state index contributed by atoms with van der Waals surface area (Å²) in [5.41, 5.74) is 0.790. The predicted molar refractivity (Wildman–Crippen MR) is 84.5 cm³/mol. The molecule has 1 N–H and O–H groups in total. The zero-order chi connectivity index (χ0) is 16.3. The van der Waals surface area contributed by atoms with Crippen LogP contribution in [0.3, 0.4) is 0 Å². The zero-order valence-corrected chi connectivity index (χ0v) is 13.9. The van der Waals surface area contributed by atoms with Crippen molar-refractivity contribution in [2.75, 3.05) is 5.75 Å². The lowest BCUT2D eigenvalue weighted by atomic mass is 10.1. The predicted octanol–water partition coefficient (Wildman–Crippen LogP) is 3.10. The number of aliphatic hydroxyl groups is 1. The van der Waals surface area contributed by atoms with Crippen molar-refractivity contribution < 1.29 is 17.9 Å². The van der Waals surface area contributed by atoms with E-state index in [1.807, 2.05) is 13.8 Å². The normalized spacial score (nSPS) is 13.5. The summed E-state index contributed by atoms with van der Waals surface area (Å²) in [5.74, 6) is -0.0865. The molecule has 120 valence electrons. The molecule has 1 aromatic heterocycles. The van der Waals surface area contributed by atoms with Crippen molar-refractivity contribution in [3.63, 3.8) is 0 Å². The van der Waals surface area contributed by atoms with Gasteiger partial charge in [-0.1, -0.05) is 43.6 Å². The third-order valence-corrected chi connectivity index (χ3v) is 5.11. The van der Waals surface area contributed by atoms with Crippen LogP contribution < -0.4 is 0 Å². The van der Waals surface area contributed by atoms with Crippen molar-refractivity contribution in [2.24, 2.45) is 0 Å². The van der Waals surface area contributed by atoms with Gasteiger partial charge in [-0.15, -0.1) is 0 Å². The van der Waals surface area contributed by atoms with E-state index >= 15 is 0 Å². The fourth-order valence-electron chi connectivity index (χ4n) is 2.20. The van der Waals surface area contributed by atoms with Gasteiger partial charge in [0.1, 0.15) is 5.76 Å². The smallest absolute Gasteiger partial charge is 0.181 e. The first-order valence-electron chi connectivity index (χ1n) is 6.85. The fraction of sp³-hybridized carbons (Fsp3) is 0.400. The summed E-state index contributed by atoms with van der Waals surface area (Å²) in [5, 5.41) is 10.5. The summed E-state index contributed by atoms with van der Waals surface area (Å²) in [6.07, 6.45) is 0.0677. The summed E-state index contributed by atoms with van der Waals surface area (Å²) >= 11 is 5.98. The molecule has 0 saturated carbocycles. The summed E-state index contributed by atoms with van der Waals surface area (Å²) in [6.45, 7) is 3.80. The summed E-state index contributed by atoms with van der Waals surface area (Å²) in [4.78, 5) is 3.97. The summed E-state index contributed by atoms with van der Waals surface area (Å²) in [6, 6.07) is 6.64. The number of benzene rings is 1. The number of hydrogen-bond donors (Lipinski definition) is 1. The van der Waals surface area contributed by atoms with E-state index in [2.05, 4.69) is 4.98 Å². The topological polar surface area (TPSA) is 80.4 Å². The Morgan fingerprint density at radius 1 is 1.32 bits per heavy atom. The van der Waals surface area contributed by atoms with E-state index in [9.17, 15) is 13.5 Å². The van der Waals surface area contributed by atoms with Crippen LogP contribution in [0.1, 0.15) is 42.9 Å². The first-order valence-corrected chi connectivity index (χ1v) is 9.05. The highest BCUT2D eigenvalue weighted by molar-refractivity contribution is 7.90. The lowest BCUT2D eigenvalue weighted by Crippen LogP contribution is -2.17. The van der Waals surface area contributed by atoms with Gasteiger partial charge >= 0.3 is 0 Å². The molecule has 2 aromatic rings. The maximum atomic E-state index is 12.3. The molecular weight excluding hydrogens is 326 g/mol. The number of sulfone groups is 1. The van der Waals surface area contributed by atoms with Crippen LogP contribution in [0, 0.1) is 0 Å². The van der Waals surface area contributed by atoms with Crippen molar-refractivity contribution in [1.82, 2.24) is 4.98 Å². The van der Waals surface area contributed by atoms with E-state index in [-0.39, 0.29) is 11.7 Å². The van der Waals surface area contributed by atoms with Crippen LogP contribution in [0.5, 0.6) is 0 Å². The highest BCUT2D eigenvalue weighted by Crippen LogP contribution is 2.26. The van der Waals surface area contributed by atoms with Crippen LogP contribution in [0.15, 0.2) is 35.1 Å². The first kappa shape index (κ1) is 17.0. The second-order valence-corrected chi connectivity index (χ2v) is 7.93. The highest BCUT2D eigenvalue weighted by atomic mass is 35.5. The maximum Gasteiger partial charge on any atom is 0.181 e.